The number of carbonyl (C=O) groups is 3. The molecule has 2 heterocycles. The zero-order valence-electron chi connectivity index (χ0n) is 13.8. The first kappa shape index (κ1) is 14.9. The first-order valence-electron chi connectivity index (χ1n) is 8.83. The second-order valence-electron chi connectivity index (χ2n) is 7.69. The van der Waals surface area contributed by atoms with E-state index in [2.05, 4.69) is 26.0 Å². The summed E-state index contributed by atoms with van der Waals surface area (Å²) in [7, 11) is 0. The maximum absolute atomic E-state index is 12.7. The van der Waals surface area contributed by atoms with Crippen molar-refractivity contribution in [1.82, 2.24) is 9.80 Å². The van der Waals surface area contributed by atoms with Crippen LogP contribution in [0.15, 0.2) is 12.2 Å². The second kappa shape index (κ2) is 5.18. The molecule has 1 saturated carbocycles. The number of rotatable bonds is 2. The van der Waals surface area contributed by atoms with Crippen molar-refractivity contribution in [3.05, 3.63) is 12.2 Å². The molecule has 4 rings (SSSR count). The van der Waals surface area contributed by atoms with E-state index in [1.165, 1.54) is 4.90 Å². The molecule has 23 heavy (non-hydrogen) atoms. The SMILES string of the molecule is C[C@@H]1CCC[C@H](C)N1C(=O)CN1C(=O)[C@H]2[C@H](C1=O)[C@H]1C=C[C@H]2C1. The van der Waals surface area contributed by atoms with Gasteiger partial charge in [0.05, 0.1) is 11.8 Å². The zero-order valence-corrected chi connectivity index (χ0v) is 13.8. The van der Waals surface area contributed by atoms with Gasteiger partial charge in [-0.1, -0.05) is 12.2 Å². The summed E-state index contributed by atoms with van der Waals surface area (Å²) in [6, 6.07) is 0.382. The van der Waals surface area contributed by atoms with Gasteiger partial charge in [-0.25, -0.2) is 0 Å². The topological polar surface area (TPSA) is 57.7 Å². The van der Waals surface area contributed by atoms with Crippen LogP contribution in [0.25, 0.3) is 0 Å². The van der Waals surface area contributed by atoms with Gasteiger partial charge in [0.2, 0.25) is 17.7 Å². The Morgan fingerprint density at radius 3 is 2.09 bits per heavy atom. The molecule has 6 atom stereocenters. The van der Waals surface area contributed by atoms with Crippen LogP contribution in [-0.4, -0.2) is 46.1 Å². The van der Waals surface area contributed by atoms with Crippen molar-refractivity contribution in [2.45, 2.75) is 51.6 Å². The summed E-state index contributed by atoms with van der Waals surface area (Å²) in [5.41, 5.74) is 0. The van der Waals surface area contributed by atoms with Crippen molar-refractivity contribution in [2.75, 3.05) is 6.54 Å². The van der Waals surface area contributed by atoms with Gasteiger partial charge in [0.15, 0.2) is 0 Å². The van der Waals surface area contributed by atoms with E-state index in [0.717, 1.165) is 25.7 Å². The lowest BCUT2D eigenvalue weighted by Crippen LogP contribution is -2.52. The summed E-state index contributed by atoms with van der Waals surface area (Å²) >= 11 is 0. The Labute approximate surface area is 136 Å². The molecule has 0 aromatic rings. The number of allylic oxidation sites excluding steroid dienone is 2. The van der Waals surface area contributed by atoms with Gasteiger partial charge >= 0.3 is 0 Å². The van der Waals surface area contributed by atoms with E-state index in [4.69, 9.17) is 0 Å². The quantitative estimate of drug-likeness (QED) is 0.574. The normalized spacial score (nSPS) is 41.8. The van der Waals surface area contributed by atoms with Crippen LogP contribution >= 0.6 is 0 Å². The summed E-state index contributed by atoms with van der Waals surface area (Å²) in [5, 5.41) is 0. The molecule has 0 aromatic carbocycles. The lowest BCUT2D eigenvalue weighted by Gasteiger charge is -2.39. The number of fused-ring (bicyclic) bond motifs is 5. The number of likely N-dealkylation sites (tertiary alicyclic amines) is 2. The Balaban J connectivity index is 1.50. The molecule has 5 heteroatoms. The predicted molar refractivity (Wildman–Crippen MR) is 84.1 cm³/mol. The van der Waals surface area contributed by atoms with Crippen LogP contribution in [0.1, 0.15) is 39.5 Å². The fourth-order valence-electron chi connectivity index (χ4n) is 5.25. The van der Waals surface area contributed by atoms with Gasteiger partial charge in [-0.2, -0.15) is 0 Å². The monoisotopic (exact) mass is 316 g/mol. The Morgan fingerprint density at radius 2 is 1.57 bits per heavy atom. The average molecular weight is 316 g/mol. The van der Waals surface area contributed by atoms with Crippen LogP contribution in [0.4, 0.5) is 0 Å². The molecular formula is C18H24N2O3. The van der Waals surface area contributed by atoms with Crippen LogP contribution in [-0.2, 0) is 14.4 Å². The molecule has 0 radical (unpaired) electrons. The van der Waals surface area contributed by atoms with Crippen molar-refractivity contribution < 1.29 is 14.4 Å². The van der Waals surface area contributed by atoms with E-state index in [1.807, 2.05) is 4.90 Å². The van der Waals surface area contributed by atoms with Gasteiger partial charge in [0.1, 0.15) is 6.54 Å². The van der Waals surface area contributed by atoms with Gasteiger partial charge in [-0.05, 0) is 51.4 Å². The molecule has 0 unspecified atom stereocenters. The van der Waals surface area contributed by atoms with E-state index in [0.29, 0.717) is 0 Å². The fraction of sp³-hybridized carbons (Fsp3) is 0.722. The first-order chi connectivity index (χ1) is 11.0. The molecule has 2 saturated heterocycles. The van der Waals surface area contributed by atoms with E-state index < -0.39 is 0 Å². The number of amides is 3. The fourth-order valence-corrected chi connectivity index (χ4v) is 5.25. The molecular weight excluding hydrogens is 292 g/mol. The molecule has 2 bridgehead atoms. The molecule has 0 aromatic heterocycles. The molecule has 3 fully saturated rings. The Bertz CT molecular complexity index is 559. The van der Waals surface area contributed by atoms with E-state index in [-0.39, 0.29) is 60.0 Å². The molecule has 5 nitrogen and oxygen atoms in total. The minimum absolute atomic E-state index is 0.0706. The van der Waals surface area contributed by atoms with Gasteiger partial charge in [-0.15, -0.1) is 0 Å². The number of hydrogen-bond acceptors (Lipinski definition) is 3. The number of hydrogen-bond donors (Lipinski definition) is 0. The predicted octanol–water partition coefficient (Wildman–Crippen LogP) is 1.58. The van der Waals surface area contributed by atoms with Crippen molar-refractivity contribution in [1.29, 1.82) is 0 Å². The summed E-state index contributed by atoms with van der Waals surface area (Å²) < 4.78 is 0. The van der Waals surface area contributed by atoms with Crippen molar-refractivity contribution >= 4 is 17.7 Å². The Hall–Kier alpha value is -1.65. The molecule has 4 aliphatic rings. The molecule has 3 amide bonds. The summed E-state index contributed by atoms with van der Waals surface area (Å²) in [6.45, 7) is 4.04. The van der Waals surface area contributed by atoms with E-state index in [1.54, 1.807) is 0 Å². The third-order valence-corrected chi connectivity index (χ3v) is 6.34. The maximum atomic E-state index is 12.7. The van der Waals surface area contributed by atoms with Gasteiger partial charge in [-0.3, -0.25) is 19.3 Å². The minimum atomic E-state index is -0.207. The van der Waals surface area contributed by atoms with Crippen molar-refractivity contribution in [3.8, 4) is 0 Å². The summed E-state index contributed by atoms with van der Waals surface area (Å²) in [6.07, 6.45) is 8.21. The van der Waals surface area contributed by atoms with Crippen LogP contribution in [0.5, 0.6) is 0 Å². The number of imide groups is 1. The Kier molecular flexibility index (Phi) is 3.36. The molecule has 124 valence electrons. The number of carbonyl (C=O) groups excluding carboxylic acids is 3. The van der Waals surface area contributed by atoms with Gasteiger partial charge in [0, 0.05) is 12.1 Å². The van der Waals surface area contributed by atoms with E-state index in [9.17, 15) is 14.4 Å². The number of piperidine rings is 1. The molecule has 2 aliphatic heterocycles. The third kappa shape index (κ3) is 2.08. The standard InChI is InChI=1S/C18H24N2O3/c1-10-4-3-5-11(2)20(10)14(21)9-19-17(22)15-12-6-7-13(8-12)16(15)18(19)23/h6-7,10-13,15-16H,3-5,8-9H2,1-2H3/t10-,11+,12-,13-,15+,16+/m0/s1. The smallest absolute Gasteiger partial charge is 0.243 e. The van der Waals surface area contributed by atoms with Crippen LogP contribution in [0.3, 0.4) is 0 Å². The first-order valence-corrected chi connectivity index (χ1v) is 8.83. The largest absolute Gasteiger partial charge is 0.336 e. The third-order valence-electron chi connectivity index (χ3n) is 6.34. The van der Waals surface area contributed by atoms with Crippen molar-refractivity contribution in [2.24, 2.45) is 23.7 Å². The lowest BCUT2D eigenvalue weighted by molar-refractivity contribution is -0.149. The molecule has 0 N–H and O–H groups in total. The van der Waals surface area contributed by atoms with Gasteiger partial charge < -0.3 is 4.90 Å². The molecule has 0 spiro atoms. The second-order valence-corrected chi connectivity index (χ2v) is 7.69. The lowest BCUT2D eigenvalue weighted by atomic mass is 9.85. The van der Waals surface area contributed by atoms with E-state index >= 15 is 0 Å². The highest BCUT2D eigenvalue weighted by atomic mass is 16.2. The highest BCUT2D eigenvalue weighted by molar-refractivity contribution is 6.08. The van der Waals surface area contributed by atoms with Crippen molar-refractivity contribution in [3.63, 3.8) is 0 Å². The van der Waals surface area contributed by atoms with Crippen LogP contribution in [0.2, 0.25) is 0 Å². The average Bonchev–Trinajstić information content (AvgIpc) is 3.17. The Morgan fingerprint density at radius 1 is 1.04 bits per heavy atom. The maximum Gasteiger partial charge on any atom is 0.243 e. The van der Waals surface area contributed by atoms with Crippen LogP contribution in [0, 0.1) is 23.7 Å². The summed E-state index contributed by atoms with van der Waals surface area (Å²) in [5.74, 6) is -0.330. The van der Waals surface area contributed by atoms with Gasteiger partial charge in [0.25, 0.3) is 0 Å². The summed E-state index contributed by atoms with van der Waals surface area (Å²) in [4.78, 5) is 41.2. The minimum Gasteiger partial charge on any atom is -0.336 e. The number of nitrogens with zero attached hydrogens (tertiary/aromatic N) is 2. The zero-order chi connectivity index (χ0) is 16.3. The highest BCUT2D eigenvalue weighted by Crippen LogP contribution is 2.52. The highest BCUT2D eigenvalue weighted by Gasteiger charge is 2.59. The molecule has 2 aliphatic carbocycles. The van der Waals surface area contributed by atoms with Crippen LogP contribution < -0.4 is 0 Å².